The summed E-state index contributed by atoms with van der Waals surface area (Å²) in [5.74, 6) is 1.20. The van der Waals surface area contributed by atoms with Crippen molar-refractivity contribution in [2.24, 2.45) is 0 Å². The Balaban J connectivity index is 1.81. The van der Waals surface area contributed by atoms with Gasteiger partial charge in [-0.15, -0.1) is 0 Å². The first-order valence-electron chi connectivity index (χ1n) is 9.84. The third kappa shape index (κ3) is 5.17. The smallest absolute Gasteiger partial charge is 0.266 e. The summed E-state index contributed by atoms with van der Waals surface area (Å²) in [4.78, 5) is 15.1. The summed E-state index contributed by atoms with van der Waals surface area (Å²) in [5.41, 5.74) is 1.76. The molecule has 1 heterocycles. The zero-order valence-corrected chi connectivity index (χ0v) is 19.6. The molecular formula is C23H24ClNO3S2. The lowest BCUT2D eigenvalue weighted by Crippen LogP contribution is -2.36. The van der Waals surface area contributed by atoms with Gasteiger partial charge in [0.15, 0.2) is 11.5 Å². The van der Waals surface area contributed by atoms with Crippen molar-refractivity contribution in [3.05, 3.63) is 63.5 Å². The van der Waals surface area contributed by atoms with Gasteiger partial charge in [-0.05, 0) is 50.1 Å². The van der Waals surface area contributed by atoms with Crippen LogP contribution in [0.2, 0.25) is 5.02 Å². The normalized spacial score (nSPS) is 16.3. The van der Waals surface area contributed by atoms with E-state index in [1.165, 1.54) is 11.8 Å². The fourth-order valence-electron chi connectivity index (χ4n) is 2.97. The van der Waals surface area contributed by atoms with Crippen LogP contribution in [0.25, 0.3) is 6.08 Å². The molecule has 1 aliphatic rings. The van der Waals surface area contributed by atoms with E-state index in [4.69, 9.17) is 33.3 Å². The van der Waals surface area contributed by atoms with Gasteiger partial charge >= 0.3 is 0 Å². The highest BCUT2D eigenvalue weighted by molar-refractivity contribution is 8.26. The molecule has 2 aromatic rings. The minimum Gasteiger partial charge on any atom is -0.490 e. The number of carbonyl (C=O) groups excluding carboxylic acids is 1. The fraction of sp³-hybridized carbons (Fsp3) is 0.304. The number of ether oxygens (including phenoxy) is 2. The molecule has 30 heavy (non-hydrogen) atoms. The van der Waals surface area contributed by atoms with E-state index < -0.39 is 0 Å². The first-order chi connectivity index (χ1) is 14.4. The lowest BCUT2D eigenvalue weighted by molar-refractivity contribution is -0.123. The number of benzene rings is 2. The van der Waals surface area contributed by atoms with E-state index in [0.29, 0.717) is 39.0 Å². The first-order valence-corrected chi connectivity index (χ1v) is 11.4. The number of halogens is 1. The fourth-order valence-corrected chi connectivity index (χ4v) is 4.62. The Morgan fingerprint density at radius 3 is 2.63 bits per heavy atom. The Bertz CT molecular complexity index is 977. The number of carbonyl (C=O) groups is 1. The highest BCUT2D eigenvalue weighted by Gasteiger charge is 2.34. The van der Waals surface area contributed by atoms with Gasteiger partial charge in [0.2, 0.25) is 0 Å². The van der Waals surface area contributed by atoms with E-state index in [2.05, 4.69) is 0 Å². The van der Waals surface area contributed by atoms with Crippen LogP contribution in [0.3, 0.4) is 0 Å². The highest BCUT2D eigenvalue weighted by atomic mass is 35.5. The van der Waals surface area contributed by atoms with Gasteiger partial charge in [0.05, 0.1) is 11.5 Å². The molecule has 0 aliphatic carbocycles. The van der Waals surface area contributed by atoms with E-state index in [1.54, 1.807) is 4.90 Å². The van der Waals surface area contributed by atoms with Gasteiger partial charge in [-0.25, -0.2) is 0 Å². The van der Waals surface area contributed by atoms with Gasteiger partial charge in [-0.2, -0.15) is 0 Å². The van der Waals surface area contributed by atoms with Gasteiger partial charge in [-0.3, -0.25) is 9.69 Å². The van der Waals surface area contributed by atoms with Gasteiger partial charge in [0, 0.05) is 16.6 Å². The first kappa shape index (κ1) is 22.7. The summed E-state index contributed by atoms with van der Waals surface area (Å²) in [6.07, 6.45) is 2.70. The van der Waals surface area contributed by atoms with Crippen LogP contribution >= 0.6 is 35.6 Å². The number of hydrogen-bond acceptors (Lipinski definition) is 5. The molecule has 0 radical (unpaired) electrons. The van der Waals surface area contributed by atoms with E-state index in [-0.39, 0.29) is 11.9 Å². The molecule has 2 aromatic carbocycles. The number of hydrogen-bond donors (Lipinski definition) is 0. The van der Waals surface area contributed by atoms with Crippen molar-refractivity contribution in [2.45, 2.75) is 39.8 Å². The quantitative estimate of drug-likeness (QED) is 0.340. The summed E-state index contributed by atoms with van der Waals surface area (Å²) in [5, 5.41) is 0.662. The molecule has 158 valence electrons. The lowest BCUT2D eigenvalue weighted by Gasteiger charge is -2.21. The van der Waals surface area contributed by atoms with E-state index >= 15 is 0 Å². The molecule has 0 aromatic heterocycles. The Labute approximate surface area is 192 Å². The summed E-state index contributed by atoms with van der Waals surface area (Å²) in [7, 11) is 0. The van der Waals surface area contributed by atoms with Crippen LogP contribution in [0.15, 0.2) is 47.4 Å². The third-order valence-corrected chi connectivity index (χ3v) is 6.46. The van der Waals surface area contributed by atoms with Crippen molar-refractivity contribution < 1.29 is 14.3 Å². The maximum atomic E-state index is 12.8. The molecule has 0 saturated carbocycles. The molecule has 1 aliphatic heterocycles. The van der Waals surface area contributed by atoms with Crippen LogP contribution in [0, 0.1) is 0 Å². The van der Waals surface area contributed by atoms with Gasteiger partial charge in [0.25, 0.3) is 5.91 Å². The number of amides is 1. The van der Waals surface area contributed by atoms with Crippen molar-refractivity contribution in [3.63, 3.8) is 0 Å². The lowest BCUT2D eigenvalue weighted by atomic mass is 10.1. The van der Waals surface area contributed by atoms with Crippen molar-refractivity contribution >= 4 is 51.9 Å². The molecule has 0 spiro atoms. The molecule has 7 heteroatoms. The molecule has 3 rings (SSSR count). The average Bonchev–Trinajstić information content (AvgIpc) is 3.01. The third-order valence-electron chi connectivity index (χ3n) is 4.76. The zero-order valence-electron chi connectivity index (χ0n) is 17.2. The SMILES string of the molecule is CCOc1cc(/C=C2\SC(=S)N([C@H](C)CC)C2=O)ccc1OCc1ccccc1Cl. The molecule has 0 N–H and O–H groups in total. The van der Waals surface area contributed by atoms with Crippen molar-refractivity contribution in [3.8, 4) is 11.5 Å². The summed E-state index contributed by atoms with van der Waals surface area (Å²) in [6, 6.07) is 13.3. The maximum absolute atomic E-state index is 12.8. The van der Waals surface area contributed by atoms with Crippen molar-refractivity contribution in [2.75, 3.05) is 6.61 Å². The molecular weight excluding hydrogens is 438 g/mol. The number of rotatable bonds is 8. The standard InChI is InChI=1S/C23H24ClNO3S2/c1-4-15(3)25-22(26)21(30-23(25)29)13-16-10-11-19(20(12-16)27-5-2)28-14-17-8-6-7-9-18(17)24/h6-13,15H,4-5,14H2,1-3H3/b21-13-/t15-/m1/s1. The van der Waals surface area contributed by atoms with Crippen LogP contribution in [-0.2, 0) is 11.4 Å². The predicted molar refractivity (Wildman–Crippen MR) is 128 cm³/mol. The molecule has 4 nitrogen and oxygen atoms in total. The van der Waals surface area contributed by atoms with E-state index in [0.717, 1.165) is 17.5 Å². The summed E-state index contributed by atoms with van der Waals surface area (Å²) in [6.45, 7) is 6.81. The number of thioether (sulfide) groups is 1. The summed E-state index contributed by atoms with van der Waals surface area (Å²) >= 11 is 13.0. The Morgan fingerprint density at radius 1 is 1.17 bits per heavy atom. The molecule has 1 amide bonds. The van der Waals surface area contributed by atoms with Crippen LogP contribution in [0.4, 0.5) is 0 Å². The second kappa shape index (κ2) is 10.3. The van der Waals surface area contributed by atoms with Crippen LogP contribution in [0.1, 0.15) is 38.3 Å². The zero-order chi connectivity index (χ0) is 21.7. The minimum atomic E-state index is -0.0450. The van der Waals surface area contributed by atoms with Crippen LogP contribution in [0.5, 0.6) is 11.5 Å². The number of nitrogens with zero attached hydrogens (tertiary/aromatic N) is 1. The van der Waals surface area contributed by atoms with Crippen molar-refractivity contribution in [1.82, 2.24) is 4.90 Å². The maximum Gasteiger partial charge on any atom is 0.266 e. The molecule has 1 saturated heterocycles. The monoisotopic (exact) mass is 461 g/mol. The van der Waals surface area contributed by atoms with E-state index in [1.807, 2.05) is 69.3 Å². The molecule has 1 atom stereocenters. The average molecular weight is 462 g/mol. The second-order valence-corrected chi connectivity index (χ2v) is 8.91. The molecule has 1 fully saturated rings. The minimum absolute atomic E-state index is 0.0450. The Kier molecular flexibility index (Phi) is 7.81. The number of thiocarbonyl (C=S) groups is 1. The topological polar surface area (TPSA) is 38.8 Å². The van der Waals surface area contributed by atoms with Crippen LogP contribution < -0.4 is 9.47 Å². The molecule has 0 bridgehead atoms. The van der Waals surface area contributed by atoms with E-state index in [9.17, 15) is 4.79 Å². The van der Waals surface area contributed by atoms with Gasteiger partial charge < -0.3 is 9.47 Å². The Hall–Kier alpha value is -2.02. The molecule has 0 unspecified atom stereocenters. The summed E-state index contributed by atoms with van der Waals surface area (Å²) < 4.78 is 12.3. The van der Waals surface area contributed by atoms with Gasteiger partial charge in [-0.1, -0.05) is 66.8 Å². The second-order valence-electron chi connectivity index (χ2n) is 6.83. The van der Waals surface area contributed by atoms with Gasteiger partial charge in [0.1, 0.15) is 10.9 Å². The predicted octanol–water partition coefficient (Wildman–Crippen LogP) is 6.32. The van der Waals surface area contributed by atoms with Crippen LogP contribution in [-0.4, -0.2) is 27.8 Å². The Morgan fingerprint density at radius 2 is 1.93 bits per heavy atom. The largest absolute Gasteiger partial charge is 0.490 e. The van der Waals surface area contributed by atoms with Crippen molar-refractivity contribution in [1.29, 1.82) is 0 Å². The highest BCUT2D eigenvalue weighted by Crippen LogP contribution is 2.36.